The molecule has 0 radical (unpaired) electrons. The summed E-state index contributed by atoms with van der Waals surface area (Å²) in [6.45, 7) is 13.1. The zero-order chi connectivity index (χ0) is 18.5. The van der Waals surface area contributed by atoms with E-state index in [0.717, 1.165) is 10.4 Å². The molecule has 0 heterocycles. The van der Waals surface area contributed by atoms with Gasteiger partial charge >= 0.3 is 17.1 Å². The van der Waals surface area contributed by atoms with Crippen LogP contribution in [0, 0.1) is 0 Å². The largest absolute Gasteiger partial charge is 0.440 e. The van der Waals surface area contributed by atoms with Crippen LogP contribution in [-0.4, -0.2) is 35.2 Å². The first kappa shape index (κ1) is 20.5. The molecular weight excluding hydrogens is 377 g/mol. The van der Waals surface area contributed by atoms with Gasteiger partial charge in [-0.25, -0.2) is 0 Å². The number of hydrogen-bond acceptors (Lipinski definition) is 3. The maximum absolute atomic E-state index is 6.92. The monoisotopic (exact) mass is 406 g/mol. The summed E-state index contributed by atoms with van der Waals surface area (Å²) in [4.78, 5) is 0. The Kier molecular flexibility index (Phi) is 7.15. The number of rotatable bonds is 8. The Balaban J connectivity index is 2.59. The van der Waals surface area contributed by atoms with Gasteiger partial charge in [0.25, 0.3) is 0 Å². The van der Waals surface area contributed by atoms with Crippen LogP contribution in [0.3, 0.4) is 0 Å². The summed E-state index contributed by atoms with van der Waals surface area (Å²) in [7, 11) is -7.65. The molecule has 136 valence electrons. The van der Waals surface area contributed by atoms with Crippen LogP contribution in [0.15, 0.2) is 60.7 Å². The van der Waals surface area contributed by atoms with Gasteiger partial charge in [0.2, 0.25) is 0 Å². The van der Waals surface area contributed by atoms with Crippen LogP contribution in [0.2, 0.25) is 39.3 Å². The fourth-order valence-electron chi connectivity index (χ4n) is 3.03. The molecule has 0 aliphatic rings. The Hall–Kier alpha value is -0.812. The fourth-order valence-corrected chi connectivity index (χ4v) is 17.9. The Labute approximate surface area is 157 Å². The van der Waals surface area contributed by atoms with Crippen LogP contribution >= 0.6 is 0 Å². The van der Waals surface area contributed by atoms with E-state index in [-0.39, 0.29) is 0 Å². The van der Waals surface area contributed by atoms with Crippen LogP contribution in [-0.2, 0) is 12.3 Å². The van der Waals surface area contributed by atoms with Crippen molar-refractivity contribution in [1.82, 2.24) is 0 Å². The lowest BCUT2D eigenvalue weighted by Gasteiger charge is -2.40. The molecule has 0 spiro atoms. The SMILES string of the molecule is C[SiH](C)O[Si](C)(C)O[Si](O[SiH](C)C)(c1ccccc1)c1ccccc1. The van der Waals surface area contributed by atoms with Crippen LogP contribution < -0.4 is 10.4 Å². The van der Waals surface area contributed by atoms with Crippen molar-refractivity contribution in [3.63, 3.8) is 0 Å². The first-order valence-corrected chi connectivity index (χ1v) is 19.1. The lowest BCUT2D eigenvalue weighted by Crippen LogP contribution is -2.69. The van der Waals surface area contributed by atoms with Crippen LogP contribution in [0.25, 0.3) is 0 Å². The van der Waals surface area contributed by atoms with Crippen molar-refractivity contribution in [3.05, 3.63) is 60.7 Å². The Morgan fingerprint density at radius 2 is 1.04 bits per heavy atom. The topological polar surface area (TPSA) is 27.7 Å². The van der Waals surface area contributed by atoms with Crippen LogP contribution in [0.4, 0.5) is 0 Å². The third-order valence-electron chi connectivity index (χ3n) is 3.62. The van der Waals surface area contributed by atoms with Crippen molar-refractivity contribution < 1.29 is 12.3 Å². The third-order valence-corrected chi connectivity index (χ3v) is 16.3. The Bertz CT molecular complexity index is 608. The average molecular weight is 407 g/mol. The maximum Gasteiger partial charge on any atom is 0.387 e. The van der Waals surface area contributed by atoms with Crippen molar-refractivity contribution in [2.45, 2.75) is 39.3 Å². The van der Waals surface area contributed by atoms with Gasteiger partial charge in [-0.15, -0.1) is 0 Å². The zero-order valence-corrected chi connectivity index (χ0v) is 20.5. The molecule has 0 saturated heterocycles. The fraction of sp³-hybridized carbons (Fsp3) is 0.333. The summed E-state index contributed by atoms with van der Waals surface area (Å²) < 4.78 is 20.0. The predicted molar refractivity (Wildman–Crippen MR) is 116 cm³/mol. The summed E-state index contributed by atoms with van der Waals surface area (Å²) in [6, 6.07) is 21.0. The normalized spacial score (nSPS) is 12.8. The van der Waals surface area contributed by atoms with E-state index in [0.29, 0.717) is 0 Å². The molecule has 0 saturated carbocycles. The van der Waals surface area contributed by atoms with Crippen LogP contribution in [0.5, 0.6) is 0 Å². The lowest BCUT2D eigenvalue weighted by molar-refractivity contribution is 0.352. The second-order valence-corrected chi connectivity index (χ2v) is 19.3. The Morgan fingerprint density at radius 3 is 1.40 bits per heavy atom. The van der Waals surface area contributed by atoms with Gasteiger partial charge < -0.3 is 12.3 Å². The van der Waals surface area contributed by atoms with Gasteiger partial charge in [0.05, 0.1) is 0 Å². The highest BCUT2D eigenvalue weighted by Gasteiger charge is 2.48. The minimum atomic E-state index is -2.79. The molecule has 0 aromatic heterocycles. The van der Waals surface area contributed by atoms with E-state index in [1.807, 2.05) is 12.1 Å². The molecule has 0 aliphatic heterocycles. The highest BCUT2D eigenvalue weighted by Crippen LogP contribution is 2.20. The molecule has 0 fully saturated rings. The first-order valence-electron chi connectivity index (χ1n) is 8.92. The van der Waals surface area contributed by atoms with E-state index in [1.165, 1.54) is 0 Å². The van der Waals surface area contributed by atoms with Crippen molar-refractivity contribution in [2.24, 2.45) is 0 Å². The molecule has 25 heavy (non-hydrogen) atoms. The molecule has 2 aromatic carbocycles. The predicted octanol–water partition coefficient (Wildman–Crippen LogP) is 2.96. The van der Waals surface area contributed by atoms with Crippen molar-refractivity contribution >= 4 is 45.6 Å². The van der Waals surface area contributed by atoms with Gasteiger partial charge in [0, 0.05) is 0 Å². The van der Waals surface area contributed by atoms with Gasteiger partial charge in [-0.05, 0) is 49.7 Å². The van der Waals surface area contributed by atoms with Gasteiger partial charge in [-0.1, -0.05) is 60.7 Å². The van der Waals surface area contributed by atoms with Gasteiger partial charge in [-0.2, -0.15) is 0 Å². The molecule has 0 amide bonds. The Morgan fingerprint density at radius 1 is 0.640 bits per heavy atom. The molecule has 0 unspecified atom stereocenters. The molecule has 0 aliphatic carbocycles. The minimum Gasteiger partial charge on any atom is -0.440 e. The van der Waals surface area contributed by atoms with E-state index in [4.69, 9.17) is 12.3 Å². The standard InChI is InChI=1S/C18H30O3Si4/c1-22(2)19-24(5,6)21-25(20-23(3)4,17-13-9-7-10-14-17)18-15-11-8-12-16-18/h7-16,22-23H,1-6H3. The minimum absolute atomic E-state index is 1.16. The highest BCUT2D eigenvalue weighted by atomic mass is 28.5. The van der Waals surface area contributed by atoms with E-state index < -0.39 is 35.2 Å². The zero-order valence-electron chi connectivity index (χ0n) is 16.2. The maximum atomic E-state index is 6.92. The molecule has 0 bridgehead atoms. The quantitative estimate of drug-likeness (QED) is 0.631. The van der Waals surface area contributed by atoms with E-state index in [1.54, 1.807) is 0 Å². The molecule has 7 heteroatoms. The molecule has 2 rings (SSSR count). The highest BCUT2D eigenvalue weighted by molar-refractivity contribution is 7.00. The van der Waals surface area contributed by atoms with E-state index in [9.17, 15) is 0 Å². The summed E-state index contributed by atoms with van der Waals surface area (Å²) in [5, 5.41) is 2.33. The number of hydrogen-bond donors (Lipinski definition) is 0. The van der Waals surface area contributed by atoms with E-state index in [2.05, 4.69) is 87.8 Å². The lowest BCUT2D eigenvalue weighted by atomic mass is 10.4. The molecule has 2 aromatic rings. The van der Waals surface area contributed by atoms with Gasteiger partial charge in [-0.3, -0.25) is 0 Å². The van der Waals surface area contributed by atoms with Crippen molar-refractivity contribution in [1.29, 1.82) is 0 Å². The molecule has 0 atom stereocenters. The average Bonchev–Trinajstić information content (AvgIpc) is 2.54. The summed E-state index contributed by atoms with van der Waals surface area (Å²) in [5.74, 6) is 0. The van der Waals surface area contributed by atoms with Gasteiger partial charge in [0.1, 0.15) is 0 Å². The third kappa shape index (κ3) is 5.58. The molecule has 0 N–H and O–H groups in total. The van der Waals surface area contributed by atoms with Gasteiger partial charge in [0.15, 0.2) is 18.1 Å². The molecular formula is C18H30O3Si4. The molecule has 3 nitrogen and oxygen atoms in total. The van der Waals surface area contributed by atoms with Crippen LogP contribution in [0.1, 0.15) is 0 Å². The second-order valence-electron chi connectivity index (χ2n) is 7.18. The second kappa shape index (κ2) is 8.72. The van der Waals surface area contributed by atoms with Crippen molar-refractivity contribution in [2.75, 3.05) is 0 Å². The van der Waals surface area contributed by atoms with E-state index >= 15 is 0 Å². The summed E-state index contributed by atoms with van der Waals surface area (Å²) in [5.41, 5.74) is 0. The number of benzene rings is 2. The smallest absolute Gasteiger partial charge is 0.387 e. The summed E-state index contributed by atoms with van der Waals surface area (Å²) in [6.07, 6.45) is 0. The summed E-state index contributed by atoms with van der Waals surface area (Å²) >= 11 is 0. The van der Waals surface area contributed by atoms with Crippen molar-refractivity contribution in [3.8, 4) is 0 Å². The first-order chi connectivity index (χ1) is 11.8.